The molecule has 1 fully saturated rings. The van der Waals surface area contributed by atoms with Gasteiger partial charge in [-0.15, -0.1) is 0 Å². The Hall–Kier alpha value is -0.200. The molecule has 13 heavy (non-hydrogen) atoms. The maximum atomic E-state index is 10.9. The first kappa shape index (κ1) is 10.9. The van der Waals surface area contributed by atoms with E-state index in [9.17, 15) is 8.42 Å². The lowest BCUT2D eigenvalue weighted by Gasteiger charge is -2.19. The van der Waals surface area contributed by atoms with E-state index in [4.69, 9.17) is 16.8 Å². The molecule has 76 valence electrons. The van der Waals surface area contributed by atoms with Gasteiger partial charge in [0, 0.05) is 12.5 Å². The quantitative estimate of drug-likeness (QED) is 0.525. The molecule has 0 bridgehead atoms. The van der Waals surface area contributed by atoms with E-state index in [0.717, 1.165) is 0 Å². The lowest BCUT2D eigenvalue weighted by Crippen LogP contribution is -2.33. The van der Waals surface area contributed by atoms with Crippen LogP contribution in [0.4, 0.5) is 0 Å². The number of hydrogen-bond acceptors (Lipinski definition) is 3. The van der Waals surface area contributed by atoms with Crippen LogP contribution in [0.2, 0.25) is 0 Å². The summed E-state index contributed by atoms with van der Waals surface area (Å²) >= 11 is 4.98. The largest absolute Gasteiger partial charge is 0.379 e. The van der Waals surface area contributed by atoms with Gasteiger partial charge in [0.2, 0.25) is 0 Å². The molecule has 1 saturated heterocycles. The van der Waals surface area contributed by atoms with Gasteiger partial charge in [-0.05, 0) is 12.8 Å². The second-order valence-corrected chi connectivity index (χ2v) is 5.68. The average Bonchev–Trinajstić information content (AvgIpc) is 2.28. The highest BCUT2D eigenvalue weighted by Crippen LogP contribution is 2.25. The van der Waals surface area contributed by atoms with Crippen molar-refractivity contribution in [3.63, 3.8) is 0 Å². The van der Waals surface area contributed by atoms with Crippen LogP contribution >= 0.6 is 12.2 Å². The lowest BCUT2D eigenvalue weighted by molar-refractivity contribution is 0.428. The van der Waals surface area contributed by atoms with Gasteiger partial charge >= 0.3 is 0 Å². The van der Waals surface area contributed by atoms with Crippen molar-refractivity contribution in [1.82, 2.24) is 5.32 Å². The van der Waals surface area contributed by atoms with Crippen molar-refractivity contribution >= 4 is 27.3 Å². The van der Waals surface area contributed by atoms with Crippen molar-refractivity contribution in [2.75, 3.05) is 6.54 Å². The third-order valence-electron chi connectivity index (χ3n) is 2.49. The first-order chi connectivity index (χ1) is 5.84. The zero-order valence-corrected chi connectivity index (χ0v) is 9.15. The molecule has 0 aromatic heterocycles. The Morgan fingerprint density at radius 2 is 2.23 bits per heavy atom. The summed E-state index contributed by atoms with van der Waals surface area (Å²) in [5.74, 6) is -0.102. The van der Waals surface area contributed by atoms with E-state index >= 15 is 0 Å². The van der Waals surface area contributed by atoms with E-state index in [1.807, 2.05) is 6.92 Å². The Balaban J connectivity index is 2.88. The van der Waals surface area contributed by atoms with E-state index in [2.05, 4.69) is 5.32 Å². The number of thiocarbonyl (C=S) groups is 1. The maximum absolute atomic E-state index is 10.9. The average molecular weight is 223 g/mol. The minimum absolute atomic E-state index is 0.157. The maximum Gasteiger partial charge on any atom is 0.268 e. The molecule has 0 aromatic rings. The van der Waals surface area contributed by atoms with Crippen molar-refractivity contribution in [2.24, 2.45) is 11.8 Å². The Kier molecular flexibility index (Phi) is 2.94. The summed E-state index contributed by atoms with van der Waals surface area (Å²) in [5.41, 5.74) is 0. The van der Waals surface area contributed by atoms with Crippen LogP contribution in [0.15, 0.2) is 0 Å². The normalized spacial score (nSPS) is 31.5. The molecule has 1 heterocycles. The molecule has 0 saturated carbocycles. The first-order valence-corrected chi connectivity index (χ1v) is 5.99. The third-order valence-corrected chi connectivity index (χ3v) is 4.14. The SMILES string of the molecule is CC1CNC(=S)C1C(C)S(=O)(=O)O. The van der Waals surface area contributed by atoms with E-state index in [1.54, 1.807) is 0 Å². The van der Waals surface area contributed by atoms with Gasteiger partial charge in [0.1, 0.15) is 0 Å². The Bertz CT molecular complexity index is 312. The van der Waals surface area contributed by atoms with Crippen LogP contribution in [-0.2, 0) is 10.1 Å². The van der Waals surface area contributed by atoms with Crippen molar-refractivity contribution in [3.05, 3.63) is 0 Å². The highest BCUT2D eigenvalue weighted by atomic mass is 32.2. The molecule has 1 rings (SSSR count). The highest BCUT2D eigenvalue weighted by molar-refractivity contribution is 7.86. The monoisotopic (exact) mass is 223 g/mol. The van der Waals surface area contributed by atoms with Crippen LogP contribution < -0.4 is 5.32 Å². The number of nitrogens with one attached hydrogen (secondary N) is 1. The fraction of sp³-hybridized carbons (Fsp3) is 0.857. The van der Waals surface area contributed by atoms with Crippen LogP contribution in [0.25, 0.3) is 0 Å². The summed E-state index contributed by atoms with van der Waals surface area (Å²) in [4.78, 5) is 0.539. The van der Waals surface area contributed by atoms with Gasteiger partial charge < -0.3 is 5.32 Å². The second kappa shape index (κ2) is 3.51. The van der Waals surface area contributed by atoms with Gasteiger partial charge in [0.05, 0.1) is 10.2 Å². The molecule has 3 atom stereocenters. The zero-order chi connectivity index (χ0) is 10.2. The fourth-order valence-corrected chi connectivity index (χ4v) is 3.01. The molecule has 0 spiro atoms. The molecule has 0 amide bonds. The van der Waals surface area contributed by atoms with Gasteiger partial charge in [-0.25, -0.2) is 0 Å². The van der Waals surface area contributed by atoms with Crippen molar-refractivity contribution in [3.8, 4) is 0 Å². The molecular formula is C7H13NO3S2. The van der Waals surface area contributed by atoms with Gasteiger partial charge in [-0.1, -0.05) is 19.1 Å². The van der Waals surface area contributed by atoms with E-state index < -0.39 is 15.4 Å². The van der Waals surface area contributed by atoms with Crippen molar-refractivity contribution in [2.45, 2.75) is 19.1 Å². The molecule has 1 aliphatic rings. The zero-order valence-electron chi connectivity index (χ0n) is 7.52. The molecular weight excluding hydrogens is 210 g/mol. The van der Waals surface area contributed by atoms with Gasteiger partial charge in [-0.3, -0.25) is 4.55 Å². The summed E-state index contributed by atoms with van der Waals surface area (Å²) in [7, 11) is -3.98. The lowest BCUT2D eigenvalue weighted by atomic mass is 9.95. The van der Waals surface area contributed by atoms with Crippen LogP contribution in [0.3, 0.4) is 0 Å². The van der Waals surface area contributed by atoms with Gasteiger partial charge in [0.15, 0.2) is 0 Å². The minimum atomic E-state index is -3.98. The van der Waals surface area contributed by atoms with Gasteiger partial charge in [0.25, 0.3) is 10.1 Å². The standard InChI is InChI=1S/C7H13NO3S2/c1-4-3-8-7(12)6(4)5(2)13(9,10)11/h4-6H,3H2,1-2H3,(H,8,12)(H,9,10,11). The number of hydrogen-bond donors (Lipinski definition) is 2. The summed E-state index contributed by atoms with van der Waals surface area (Å²) < 4.78 is 30.6. The van der Waals surface area contributed by atoms with Crippen LogP contribution in [-0.4, -0.2) is 29.8 Å². The summed E-state index contributed by atoms with van der Waals surface area (Å²) in [6.07, 6.45) is 0. The predicted molar refractivity (Wildman–Crippen MR) is 54.3 cm³/mol. The third kappa shape index (κ3) is 2.18. The fourth-order valence-electron chi connectivity index (χ4n) is 1.63. The van der Waals surface area contributed by atoms with E-state index in [0.29, 0.717) is 11.5 Å². The molecule has 1 aliphatic heterocycles. The summed E-state index contributed by atoms with van der Waals surface area (Å²) in [6, 6.07) is 0. The molecule has 6 heteroatoms. The van der Waals surface area contributed by atoms with Crippen molar-refractivity contribution in [1.29, 1.82) is 0 Å². The smallest absolute Gasteiger partial charge is 0.268 e. The van der Waals surface area contributed by atoms with Crippen LogP contribution in [0.5, 0.6) is 0 Å². The van der Waals surface area contributed by atoms with Crippen molar-refractivity contribution < 1.29 is 13.0 Å². The predicted octanol–water partition coefficient (Wildman–Crippen LogP) is 0.446. The molecule has 0 aliphatic carbocycles. The summed E-state index contributed by atoms with van der Waals surface area (Å²) in [5, 5.41) is 2.11. The highest BCUT2D eigenvalue weighted by Gasteiger charge is 2.38. The van der Waals surface area contributed by atoms with Gasteiger partial charge in [-0.2, -0.15) is 8.42 Å². The Labute approximate surface area is 83.5 Å². The first-order valence-electron chi connectivity index (χ1n) is 4.08. The number of rotatable bonds is 2. The summed E-state index contributed by atoms with van der Waals surface area (Å²) in [6.45, 7) is 4.08. The second-order valence-electron chi connectivity index (χ2n) is 3.47. The minimum Gasteiger partial charge on any atom is -0.379 e. The molecule has 0 aromatic carbocycles. The van der Waals surface area contributed by atoms with Crippen LogP contribution in [0.1, 0.15) is 13.8 Å². The molecule has 3 unspecified atom stereocenters. The van der Waals surface area contributed by atoms with Crippen LogP contribution in [0, 0.1) is 11.8 Å². The van der Waals surface area contributed by atoms with E-state index in [-0.39, 0.29) is 11.8 Å². The van der Waals surface area contributed by atoms with E-state index in [1.165, 1.54) is 6.92 Å². The molecule has 0 radical (unpaired) electrons. The Morgan fingerprint density at radius 3 is 2.54 bits per heavy atom. The Morgan fingerprint density at radius 1 is 1.69 bits per heavy atom. The molecule has 2 N–H and O–H groups in total. The topological polar surface area (TPSA) is 66.4 Å². The molecule has 4 nitrogen and oxygen atoms in total.